The van der Waals surface area contributed by atoms with Gasteiger partial charge in [-0.25, -0.2) is 29.9 Å². The molecule has 4 aliphatic rings. The van der Waals surface area contributed by atoms with Gasteiger partial charge in [0, 0.05) is 19.0 Å². The largest absolute Gasteiger partial charge is 0.387 e. The second kappa shape index (κ2) is 12.6. The van der Waals surface area contributed by atoms with Crippen LogP contribution >= 0.6 is 13.4 Å². The second-order valence-electron chi connectivity index (χ2n) is 11.5. The van der Waals surface area contributed by atoms with Crippen molar-refractivity contribution in [3.63, 3.8) is 0 Å². The molecule has 0 spiro atoms. The molecule has 3 fully saturated rings. The van der Waals surface area contributed by atoms with Crippen molar-refractivity contribution in [2.75, 3.05) is 36.9 Å². The lowest BCUT2D eigenvalue weighted by Gasteiger charge is -2.28. The molecular formula is C25H30N10O9P2S2. The van der Waals surface area contributed by atoms with Crippen molar-refractivity contribution < 1.29 is 42.5 Å². The van der Waals surface area contributed by atoms with Gasteiger partial charge in [0.1, 0.15) is 49.4 Å². The highest BCUT2D eigenvalue weighted by Gasteiger charge is 2.52. The van der Waals surface area contributed by atoms with Gasteiger partial charge in [0.15, 0.2) is 40.2 Å². The number of ether oxygens (including phenoxy) is 2. The number of aliphatic hydroxyl groups excluding tert-OH is 1. The maximum Gasteiger partial charge on any atom is 0.325 e. The molecule has 10 atom stereocenters. The minimum Gasteiger partial charge on any atom is -0.387 e. The number of hydrogen-bond acceptors (Lipinski definition) is 17. The zero-order valence-corrected chi connectivity index (χ0v) is 28.4. The summed E-state index contributed by atoms with van der Waals surface area (Å²) < 4.78 is 39.4. The summed E-state index contributed by atoms with van der Waals surface area (Å²) in [5.41, 5.74) is 1.76. The summed E-state index contributed by atoms with van der Waals surface area (Å²) in [6.07, 6.45) is 2.26. The number of nitrogens with zero attached hydrogens (tertiary/aromatic N) is 8. The lowest BCUT2D eigenvalue weighted by atomic mass is 10.0. The third-order valence-electron chi connectivity index (χ3n) is 8.48. The van der Waals surface area contributed by atoms with Gasteiger partial charge >= 0.3 is 13.4 Å². The van der Waals surface area contributed by atoms with E-state index in [0.29, 0.717) is 47.1 Å². The van der Waals surface area contributed by atoms with Gasteiger partial charge in [0.05, 0.1) is 25.9 Å². The molecule has 0 amide bonds. The van der Waals surface area contributed by atoms with E-state index in [2.05, 4.69) is 40.5 Å². The predicted molar refractivity (Wildman–Crippen MR) is 174 cm³/mol. The molecule has 256 valence electrons. The summed E-state index contributed by atoms with van der Waals surface area (Å²) in [5, 5.41) is 17.8. The molecule has 4 aromatic heterocycles. The lowest BCUT2D eigenvalue weighted by molar-refractivity contribution is -0.0601. The van der Waals surface area contributed by atoms with Crippen molar-refractivity contribution >= 4 is 71.0 Å². The highest BCUT2D eigenvalue weighted by molar-refractivity contribution is 8.07. The zero-order valence-electron chi connectivity index (χ0n) is 25.0. The molecule has 8 rings (SSSR count). The summed E-state index contributed by atoms with van der Waals surface area (Å²) in [7, 11) is 0. The van der Waals surface area contributed by atoms with Crippen LogP contribution in [0.3, 0.4) is 0 Å². The minimum atomic E-state index is -4.08. The van der Waals surface area contributed by atoms with Gasteiger partial charge in [-0.15, -0.1) is 0 Å². The Morgan fingerprint density at radius 3 is 1.88 bits per heavy atom. The monoisotopic (exact) mass is 740 g/mol. The predicted octanol–water partition coefficient (Wildman–Crippen LogP) is 1.10. The molecule has 0 saturated carbocycles. The average Bonchev–Trinajstić information content (AvgIpc) is 3.81. The third-order valence-corrected chi connectivity index (χ3v) is 11.6. The summed E-state index contributed by atoms with van der Waals surface area (Å²) >= 11 is 10.8. The van der Waals surface area contributed by atoms with Gasteiger partial charge in [-0.3, -0.25) is 13.7 Å². The van der Waals surface area contributed by atoms with E-state index in [4.69, 9.17) is 51.2 Å². The van der Waals surface area contributed by atoms with E-state index in [1.165, 1.54) is 23.5 Å². The number of fused-ring (bicyclic) bond motifs is 7. The fourth-order valence-corrected chi connectivity index (χ4v) is 9.13. The van der Waals surface area contributed by atoms with Gasteiger partial charge in [0.2, 0.25) is 0 Å². The first-order chi connectivity index (χ1) is 23.1. The van der Waals surface area contributed by atoms with Crippen LogP contribution in [0.2, 0.25) is 0 Å². The summed E-state index contributed by atoms with van der Waals surface area (Å²) in [6, 6.07) is 0. The number of rotatable bonds is 0. The van der Waals surface area contributed by atoms with E-state index in [1.807, 2.05) is 19.1 Å². The van der Waals surface area contributed by atoms with Crippen LogP contribution in [0.15, 0.2) is 37.5 Å². The van der Waals surface area contributed by atoms with Crippen LogP contribution in [0, 0.1) is 5.92 Å². The lowest BCUT2D eigenvalue weighted by Crippen LogP contribution is -2.35. The van der Waals surface area contributed by atoms with E-state index >= 15 is 0 Å². The van der Waals surface area contributed by atoms with Crippen molar-refractivity contribution in [1.82, 2.24) is 39.0 Å². The van der Waals surface area contributed by atoms with Crippen LogP contribution in [-0.4, -0.2) is 111 Å². The summed E-state index contributed by atoms with van der Waals surface area (Å²) in [5.74, 6) is 0.497. The Morgan fingerprint density at radius 1 is 0.750 bits per heavy atom. The molecule has 0 aromatic carbocycles. The number of imidazole rings is 2. The number of aliphatic hydroxyl groups is 1. The highest BCUT2D eigenvalue weighted by atomic mass is 32.5. The van der Waals surface area contributed by atoms with Crippen LogP contribution in [0.1, 0.15) is 19.4 Å². The Morgan fingerprint density at radius 2 is 1.27 bits per heavy atom. The zero-order chi connectivity index (χ0) is 33.2. The van der Waals surface area contributed by atoms with Crippen molar-refractivity contribution in [3.05, 3.63) is 37.5 Å². The third kappa shape index (κ3) is 5.96. The molecule has 3 saturated heterocycles. The molecule has 23 heteroatoms. The van der Waals surface area contributed by atoms with Gasteiger partial charge in [-0.05, 0) is 23.6 Å². The number of aromatic nitrogens is 8. The van der Waals surface area contributed by atoms with Crippen molar-refractivity contribution in [2.45, 2.75) is 49.9 Å². The maximum atomic E-state index is 11.4. The average molecular weight is 741 g/mol. The van der Waals surface area contributed by atoms with E-state index in [0.717, 1.165) is 0 Å². The first kappa shape index (κ1) is 32.6. The minimum absolute atomic E-state index is 0.316. The molecule has 19 nitrogen and oxygen atoms in total. The Labute approximate surface area is 282 Å². The molecule has 8 heterocycles. The van der Waals surface area contributed by atoms with Gasteiger partial charge in [0.25, 0.3) is 0 Å². The molecular weight excluding hydrogens is 710 g/mol. The Hall–Kier alpha value is -2.62. The van der Waals surface area contributed by atoms with Crippen LogP contribution in [0.25, 0.3) is 22.3 Å². The smallest absolute Gasteiger partial charge is 0.325 e. The fraction of sp³-hybridized carbons (Fsp3) is 0.520. The van der Waals surface area contributed by atoms with Crippen molar-refractivity contribution in [2.24, 2.45) is 5.92 Å². The molecule has 0 radical (unpaired) electrons. The van der Waals surface area contributed by atoms with Gasteiger partial charge in [-0.1, -0.05) is 19.1 Å². The number of hydrogen-bond donors (Lipinski definition) is 5. The molecule has 4 aliphatic heterocycles. The van der Waals surface area contributed by atoms with E-state index in [9.17, 15) is 14.9 Å². The molecule has 3 unspecified atom stereocenters. The standard InChI is InChI=1S/C25H30N10O9P2S2/c1-12-18-14-7-40-46(38,48)44-19-17(36)13(6-39-45(37,47)43-18)41-25(19)35-11-33-16-21(29-9-31-23(16)35)27-5-3-2-4-26-20-15-22(30-8-28-20)34(10-32-15)24(12)42-14/h2-3,8-14,17-19,24-25,36H,4-7H2,1H3,(H,37,47)(H,38,48)(H,26,28,30)(H,27,29,31)/t12-,13-,14-,17-,18+,19-,24-,25?,45?,46?/m1/s1. The topological polar surface area (TPSA) is 227 Å². The SMILES string of the molecule is C[C@@H]1[C@@H]2OP(O)(=S)OC[C@H]3OC4[C@H](OP(O)(=S)OC[C@H]2O[C@H]1n1cnc2c(ncnc21)NCC=CCNc1ncnc2c1ncn24)[C@@H]3O. The van der Waals surface area contributed by atoms with E-state index in [1.54, 1.807) is 10.9 Å². The highest BCUT2D eigenvalue weighted by Crippen LogP contribution is 2.55. The Balaban J connectivity index is 1.23. The maximum absolute atomic E-state index is 11.4. The molecule has 12 bridgehead atoms. The van der Waals surface area contributed by atoms with Crippen LogP contribution in [-0.2, 0) is 51.2 Å². The quantitative estimate of drug-likeness (QED) is 0.126. The molecule has 0 aliphatic carbocycles. The van der Waals surface area contributed by atoms with Gasteiger partial charge < -0.3 is 48.6 Å². The van der Waals surface area contributed by atoms with Crippen LogP contribution in [0.5, 0.6) is 0 Å². The normalized spacial score (nSPS) is 37.3. The van der Waals surface area contributed by atoms with Crippen molar-refractivity contribution in [1.29, 1.82) is 0 Å². The van der Waals surface area contributed by atoms with E-state index in [-0.39, 0.29) is 13.2 Å². The summed E-state index contributed by atoms with van der Waals surface area (Å²) in [6.45, 7) is -6.05. The number of anilines is 2. The Kier molecular flexibility index (Phi) is 8.56. The van der Waals surface area contributed by atoms with Crippen LogP contribution in [0.4, 0.5) is 11.6 Å². The second-order valence-corrected chi connectivity index (χ2v) is 17.1. The molecule has 4 aromatic rings. The molecule has 5 N–H and O–H groups in total. The van der Waals surface area contributed by atoms with Crippen molar-refractivity contribution in [3.8, 4) is 0 Å². The number of nitrogens with one attached hydrogen (secondary N) is 2. The first-order valence-corrected chi connectivity index (χ1v) is 20.0. The molecule has 48 heavy (non-hydrogen) atoms. The summed E-state index contributed by atoms with van der Waals surface area (Å²) in [4.78, 5) is 49.1. The first-order valence-electron chi connectivity index (χ1n) is 14.9. The fourth-order valence-electron chi connectivity index (χ4n) is 6.21. The Bertz CT molecular complexity index is 1980. The van der Waals surface area contributed by atoms with E-state index < -0.39 is 62.3 Å². The van der Waals surface area contributed by atoms with Gasteiger partial charge in [-0.2, -0.15) is 0 Å². The van der Waals surface area contributed by atoms with Crippen LogP contribution < -0.4 is 10.6 Å².